The highest BCUT2D eigenvalue weighted by molar-refractivity contribution is 7.99. The average molecular weight is 400 g/mol. The lowest BCUT2D eigenvalue weighted by Crippen LogP contribution is -2.09. The molecule has 28 heavy (non-hydrogen) atoms. The smallest absolute Gasteiger partial charge is 0.214 e. The minimum absolute atomic E-state index is 0.0655. The highest BCUT2D eigenvalue weighted by Gasteiger charge is 2.19. The molecule has 0 saturated heterocycles. The van der Waals surface area contributed by atoms with Gasteiger partial charge in [0.1, 0.15) is 11.4 Å². The second kappa shape index (κ2) is 8.18. The first-order chi connectivity index (χ1) is 13.3. The van der Waals surface area contributed by atoms with Crippen molar-refractivity contribution in [3.63, 3.8) is 0 Å². The number of aryl methyl sites for hydroxylation is 2. The zero-order chi connectivity index (χ0) is 20.4. The molecule has 0 spiro atoms. The van der Waals surface area contributed by atoms with Crippen LogP contribution in [0.15, 0.2) is 29.4 Å². The summed E-state index contributed by atoms with van der Waals surface area (Å²) in [6.07, 6.45) is 0. The maximum absolute atomic E-state index is 12.8. The Kier molecular flexibility index (Phi) is 5.88. The van der Waals surface area contributed by atoms with Gasteiger partial charge in [-0.1, -0.05) is 17.8 Å². The van der Waals surface area contributed by atoms with Gasteiger partial charge in [0, 0.05) is 23.0 Å². The van der Waals surface area contributed by atoms with Gasteiger partial charge in [0.05, 0.1) is 12.9 Å². The van der Waals surface area contributed by atoms with E-state index in [0.29, 0.717) is 16.9 Å². The lowest BCUT2D eigenvalue weighted by molar-refractivity contribution is 0.102. The highest BCUT2D eigenvalue weighted by Crippen LogP contribution is 2.28. The van der Waals surface area contributed by atoms with Gasteiger partial charge < -0.3 is 9.30 Å². The number of Topliss-reactive ketones (excluding diaryl/α,β-unsaturated/α-hetero) is 1. The molecule has 0 atom stereocenters. The van der Waals surface area contributed by atoms with Crippen LogP contribution >= 0.6 is 11.8 Å². The molecule has 2 heterocycles. The summed E-state index contributed by atoms with van der Waals surface area (Å²) in [7, 11) is 1.61. The van der Waals surface area contributed by atoms with E-state index in [0.717, 1.165) is 28.2 Å². The SMILES string of the molecule is COc1ccc(C)cc1-n1nnnc1SCC(=O)c1cc(C)n(C(C)C)c1C. The number of carbonyl (C=O) groups is 1. The third-order valence-electron chi connectivity index (χ3n) is 4.64. The number of rotatable bonds is 7. The molecule has 3 rings (SSSR count). The van der Waals surface area contributed by atoms with E-state index in [1.54, 1.807) is 11.8 Å². The molecule has 0 aliphatic carbocycles. The van der Waals surface area contributed by atoms with Crippen LogP contribution in [-0.2, 0) is 0 Å². The third-order valence-corrected chi connectivity index (χ3v) is 5.56. The monoisotopic (exact) mass is 399 g/mol. The fraction of sp³-hybridized carbons (Fsp3) is 0.400. The second-order valence-corrected chi connectivity index (χ2v) is 7.95. The van der Waals surface area contributed by atoms with Gasteiger partial charge in [0.25, 0.3) is 0 Å². The lowest BCUT2D eigenvalue weighted by Gasteiger charge is -2.13. The predicted octanol–water partition coefficient (Wildman–Crippen LogP) is 3.95. The van der Waals surface area contributed by atoms with Gasteiger partial charge in [-0.15, -0.1) is 5.10 Å². The highest BCUT2D eigenvalue weighted by atomic mass is 32.2. The molecule has 0 radical (unpaired) electrons. The summed E-state index contributed by atoms with van der Waals surface area (Å²) in [5, 5.41) is 12.5. The molecular formula is C20H25N5O2S. The summed E-state index contributed by atoms with van der Waals surface area (Å²) in [4.78, 5) is 12.8. The normalized spacial score (nSPS) is 11.2. The summed E-state index contributed by atoms with van der Waals surface area (Å²) in [6, 6.07) is 8.08. The van der Waals surface area contributed by atoms with Crippen molar-refractivity contribution in [2.45, 2.75) is 45.8 Å². The van der Waals surface area contributed by atoms with Crippen LogP contribution in [0.25, 0.3) is 5.69 Å². The van der Waals surface area contributed by atoms with E-state index in [-0.39, 0.29) is 11.5 Å². The van der Waals surface area contributed by atoms with Crippen molar-refractivity contribution in [3.05, 3.63) is 46.8 Å². The average Bonchev–Trinajstić information content (AvgIpc) is 3.23. The van der Waals surface area contributed by atoms with Crippen LogP contribution in [0, 0.1) is 20.8 Å². The number of nitrogens with zero attached hydrogens (tertiary/aromatic N) is 5. The Bertz CT molecular complexity index is 1010. The van der Waals surface area contributed by atoms with Crippen LogP contribution in [-0.4, -0.2) is 43.4 Å². The quantitative estimate of drug-likeness (QED) is 0.442. The number of aromatic nitrogens is 5. The van der Waals surface area contributed by atoms with E-state index in [9.17, 15) is 4.79 Å². The Morgan fingerprint density at radius 2 is 1.96 bits per heavy atom. The molecule has 0 N–H and O–H groups in total. The summed E-state index contributed by atoms with van der Waals surface area (Å²) in [5.41, 5.74) is 4.67. The van der Waals surface area contributed by atoms with Crippen LogP contribution in [0.1, 0.15) is 47.2 Å². The zero-order valence-electron chi connectivity index (χ0n) is 17.1. The van der Waals surface area contributed by atoms with E-state index in [1.807, 2.05) is 45.0 Å². The molecule has 0 unspecified atom stereocenters. The summed E-state index contributed by atoms with van der Waals surface area (Å²) in [5.74, 6) is 0.999. The van der Waals surface area contributed by atoms with Gasteiger partial charge in [-0.05, 0) is 68.8 Å². The number of hydrogen-bond acceptors (Lipinski definition) is 6. The Morgan fingerprint density at radius 3 is 2.61 bits per heavy atom. The second-order valence-electron chi connectivity index (χ2n) is 7.01. The van der Waals surface area contributed by atoms with Gasteiger partial charge in [0.15, 0.2) is 5.78 Å². The number of hydrogen-bond donors (Lipinski definition) is 0. The first-order valence-corrected chi connectivity index (χ1v) is 10.1. The molecule has 3 aromatic rings. The van der Waals surface area contributed by atoms with Gasteiger partial charge >= 0.3 is 0 Å². The third kappa shape index (κ3) is 3.82. The van der Waals surface area contributed by atoms with Crippen molar-refractivity contribution in [2.24, 2.45) is 0 Å². The summed E-state index contributed by atoms with van der Waals surface area (Å²) in [6.45, 7) is 10.3. The molecule has 0 aliphatic heterocycles. The molecule has 148 valence electrons. The number of methoxy groups -OCH3 is 1. The van der Waals surface area contributed by atoms with E-state index in [4.69, 9.17) is 4.74 Å². The molecule has 0 bridgehead atoms. The Hall–Kier alpha value is -2.61. The van der Waals surface area contributed by atoms with Crippen molar-refractivity contribution in [1.82, 2.24) is 24.8 Å². The van der Waals surface area contributed by atoms with Crippen LogP contribution in [0.5, 0.6) is 5.75 Å². The van der Waals surface area contributed by atoms with Crippen molar-refractivity contribution >= 4 is 17.5 Å². The number of ketones is 1. The molecule has 1 aromatic carbocycles. The van der Waals surface area contributed by atoms with E-state index >= 15 is 0 Å². The molecule has 0 fully saturated rings. The molecule has 2 aromatic heterocycles. The standard InChI is InChI=1S/C20H25N5O2S/c1-12(2)24-14(4)10-16(15(24)5)18(26)11-28-20-21-22-23-25(20)17-9-13(3)7-8-19(17)27-6/h7-10,12H,11H2,1-6H3. The minimum atomic E-state index is 0.0655. The van der Waals surface area contributed by atoms with Crippen molar-refractivity contribution in [1.29, 1.82) is 0 Å². The van der Waals surface area contributed by atoms with E-state index in [1.165, 1.54) is 11.8 Å². The van der Waals surface area contributed by atoms with Crippen LogP contribution in [0.2, 0.25) is 0 Å². The Morgan fingerprint density at radius 1 is 1.21 bits per heavy atom. The van der Waals surface area contributed by atoms with E-state index < -0.39 is 0 Å². The van der Waals surface area contributed by atoms with Gasteiger partial charge in [-0.3, -0.25) is 4.79 Å². The number of thioether (sulfide) groups is 1. The van der Waals surface area contributed by atoms with Gasteiger partial charge in [-0.2, -0.15) is 4.68 Å². The molecule has 0 amide bonds. The van der Waals surface area contributed by atoms with Crippen LogP contribution in [0.4, 0.5) is 0 Å². The predicted molar refractivity (Wildman–Crippen MR) is 110 cm³/mol. The fourth-order valence-electron chi connectivity index (χ4n) is 3.45. The molecule has 0 saturated carbocycles. The fourth-order valence-corrected chi connectivity index (χ4v) is 4.21. The minimum Gasteiger partial charge on any atom is -0.494 e. The number of carbonyl (C=O) groups excluding carboxylic acids is 1. The van der Waals surface area contributed by atoms with Crippen molar-refractivity contribution < 1.29 is 9.53 Å². The van der Waals surface area contributed by atoms with Gasteiger partial charge in [-0.25, -0.2) is 0 Å². The topological polar surface area (TPSA) is 74.8 Å². The number of ether oxygens (including phenoxy) is 1. The first-order valence-electron chi connectivity index (χ1n) is 9.11. The van der Waals surface area contributed by atoms with Crippen LogP contribution < -0.4 is 4.74 Å². The van der Waals surface area contributed by atoms with E-state index in [2.05, 4.69) is 33.9 Å². The first kappa shape index (κ1) is 20.1. The zero-order valence-corrected chi connectivity index (χ0v) is 17.9. The Balaban J connectivity index is 1.83. The number of tetrazole rings is 1. The molecule has 8 heteroatoms. The summed E-state index contributed by atoms with van der Waals surface area (Å²) >= 11 is 1.32. The van der Waals surface area contributed by atoms with Gasteiger partial charge in [0.2, 0.25) is 5.16 Å². The maximum Gasteiger partial charge on any atom is 0.214 e. The lowest BCUT2D eigenvalue weighted by atomic mass is 10.2. The maximum atomic E-state index is 12.8. The Labute approximate surface area is 169 Å². The molecule has 7 nitrogen and oxygen atoms in total. The largest absolute Gasteiger partial charge is 0.494 e. The van der Waals surface area contributed by atoms with Crippen molar-refractivity contribution in [2.75, 3.05) is 12.9 Å². The molecular weight excluding hydrogens is 374 g/mol. The van der Waals surface area contributed by atoms with Crippen molar-refractivity contribution in [3.8, 4) is 11.4 Å². The number of benzene rings is 1. The molecule has 0 aliphatic rings. The van der Waals surface area contributed by atoms with Crippen LogP contribution in [0.3, 0.4) is 0 Å². The summed E-state index contributed by atoms with van der Waals surface area (Å²) < 4.78 is 9.23.